The largest absolute Gasteiger partial charge is 0.261 e. The summed E-state index contributed by atoms with van der Waals surface area (Å²) in [5.41, 5.74) is 6.60. The van der Waals surface area contributed by atoms with Crippen LogP contribution in [0, 0.1) is 11.8 Å². The molecule has 3 aromatic carbocycles. The van der Waals surface area contributed by atoms with E-state index in [2.05, 4.69) is 125 Å². The fraction of sp³-hybridized carbons (Fsp3) is 0.281. The zero-order valence-corrected chi connectivity index (χ0v) is 20.3. The van der Waals surface area contributed by atoms with Crippen LogP contribution in [0.3, 0.4) is 0 Å². The Kier molecular flexibility index (Phi) is 7.08. The van der Waals surface area contributed by atoms with Gasteiger partial charge in [-0.3, -0.25) is 4.98 Å². The highest BCUT2D eigenvalue weighted by atomic mass is 14.7. The SMILES string of the molecule is CC(Cc1cccc(C(C)(c2ccccc2)C(C)C)c1)C(c1ccccc1)c1ccccn1. The monoisotopic (exact) mass is 433 g/mol. The van der Waals surface area contributed by atoms with Crippen molar-refractivity contribution < 1.29 is 0 Å². The van der Waals surface area contributed by atoms with E-state index in [9.17, 15) is 0 Å². The fourth-order valence-corrected chi connectivity index (χ4v) is 5.14. The minimum atomic E-state index is -0.0275. The average molecular weight is 434 g/mol. The summed E-state index contributed by atoms with van der Waals surface area (Å²) in [6, 6.07) is 37.3. The molecule has 0 aliphatic rings. The number of nitrogens with zero attached hydrogens (tertiary/aromatic N) is 1. The Labute approximate surface area is 199 Å². The van der Waals surface area contributed by atoms with E-state index in [-0.39, 0.29) is 11.3 Å². The van der Waals surface area contributed by atoms with Crippen LogP contribution >= 0.6 is 0 Å². The van der Waals surface area contributed by atoms with Crippen LogP contribution in [0.15, 0.2) is 109 Å². The first-order valence-corrected chi connectivity index (χ1v) is 12.1. The van der Waals surface area contributed by atoms with E-state index in [1.54, 1.807) is 0 Å². The van der Waals surface area contributed by atoms with Crippen molar-refractivity contribution >= 4 is 0 Å². The van der Waals surface area contributed by atoms with Crippen molar-refractivity contribution in [3.05, 3.63) is 137 Å². The van der Waals surface area contributed by atoms with Crippen LogP contribution in [-0.4, -0.2) is 4.98 Å². The van der Waals surface area contributed by atoms with Crippen molar-refractivity contribution in [2.45, 2.75) is 45.4 Å². The molecule has 0 fully saturated rings. The number of rotatable bonds is 8. The second-order valence-electron chi connectivity index (χ2n) is 9.75. The molecule has 3 unspecified atom stereocenters. The van der Waals surface area contributed by atoms with Gasteiger partial charge in [-0.25, -0.2) is 0 Å². The number of aromatic nitrogens is 1. The van der Waals surface area contributed by atoms with Gasteiger partial charge in [-0.05, 0) is 52.6 Å². The van der Waals surface area contributed by atoms with Crippen LogP contribution in [0.4, 0.5) is 0 Å². The number of hydrogen-bond donors (Lipinski definition) is 0. The topological polar surface area (TPSA) is 12.9 Å². The molecule has 0 aliphatic carbocycles. The minimum Gasteiger partial charge on any atom is -0.261 e. The summed E-state index contributed by atoms with van der Waals surface area (Å²) < 4.78 is 0. The fourth-order valence-electron chi connectivity index (χ4n) is 5.14. The highest BCUT2D eigenvalue weighted by molar-refractivity contribution is 5.41. The Morgan fingerprint density at radius 2 is 1.33 bits per heavy atom. The third-order valence-electron chi connectivity index (χ3n) is 7.35. The molecule has 0 amide bonds. The molecule has 4 aromatic rings. The maximum absolute atomic E-state index is 4.74. The molecule has 168 valence electrons. The Bertz CT molecular complexity index is 1100. The molecule has 1 aromatic heterocycles. The maximum atomic E-state index is 4.74. The average Bonchev–Trinajstić information content (AvgIpc) is 2.85. The van der Waals surface area contributed by atoms with E-state index in [4.69, 9.17) is 4.98 Å². The molecule has 4 rings (SSSR count). The zero-order chi connectivity index (χ0) is 23.3. The van der Waals surface area contributed by atoms with Crippen molar-refractivity contribution in [2.24, 2.45) is 11.8 Å². The van der Waals surface area contributed by atoms with Gasteiger partial charge in [0.1, 0.15) is 0 Å². The molecule has 0 saturated carbocycles. The van der Waals surface area contributed by atoms with Crippen LogP contribution in [0.1, 0.15) is 61.6 Å². The van der Waals surface area contributed by atoms with Crippen LogP contribution in [-0.2, 0) is 11.8 Å². The molecule has 0 saturated heterocycles. The molecule has 3 atom stereocenters. The van der Waals surface area contributed by atoms with Crippen molar-refractivity contribution in [2.75, 3.05) is 0 Å². The standard InChI is InChI=1S/C32H35N/c1-24(2)32(4,28-17-9-6-10-18-28)29-19-13-14-26(23-29)22-25(3)31(27-15-7-5-8-16-27)30-20-11-12-21-33-30/h5-21,23-25,31H,22H2,1-4H3. The molecule has 1 nitrogen and oxygen atoms in total. The first kappa shape index (κ1) is 23.0. The third-order valence-corrected chi connectivity index (χ3v) is 7.35. The van der Waals surface area contributed by atoms with Gasteiger partial charge in [-0.2, -0.15) is 0 Å². The van der Waals surface area contributed by atoms with Crippen molar-refractivity contribution in [3.63, 3.8) is 0 Å². The van der Waals surface area contributed by atoms with Gasteiger partial charge in [0, 0.05) is 23.2 Å². The Morgan fingerprint density at radius 3 is 1.97 bits per heavy atom. The first-order chi connectivity index (χ1) is 16.0. The lowest BCUT2D eigenvalue weighted by Gasteiger charge is -2.36. The lowest BCUT2D eigenvalue weighted by atomic mass is 9.68. The molecule has 0 bridgehead atoms. The highest BCUT2D eigenvalue weighted by Gasteiger charge is 2.32. The quantitative estimate of drug-likeness (QED) is 0.274. The summed E-state index contributed by atoms with van der Waals surface area (Å²) in [7, 11) is 0. The second kappa shape index (κ2) is 10.2. The number of benzene rings is 3. The van der Waals surface area contributed by atoms with Crippen LogP contribution < -0.4 is 0 Å². The molecule has 0 spiro atoms. The summed E-state index contributed by atoms with van der Waals surface area (Å²) in [5.74, 6) is 1.17. The molecule has 1 heterocycles. The van der Waals surface area contributed by atoms with E-state index in [0.717, 1.165) is 12.1 Å². The number of hydrogen-bond acceptors (Lipinski definition) is 1. The normalized spacial score (nSPS) is 15.1. The van der Waals surface area contributed by atoms with Gasteiger partial charge in [0.05, 0.1) is 0 Å². The van der Waals surface area contributed by atoms with Gasteiger partial charge in [-0.1, -0.05) is 119 Å². The minimum absolute atomic E-state index is 0.0275. The van der Waals surface area contributed by atoms with Crippen LogP contribution in [0.25, 0.3) is 0 Å². The van der Waals surface area contributed by atoms with E-state index in [1.165, 1.54) is 22.3 Å². The smallest absolute Gasteiger partial charge is 0.0481 e. The van der Waals surface area contributed by atoms with E-state index < -0.39 is 0 Å². The summed E-state index contributed by atoms with van der Waals surface area (Å²) in [6.07, 6.45) is 2.92. The molecular formula is C32H35N. The van der Waals surface area contributed by atoms with Gasteiger partial charge < -0.3 is 0 Å². The predicted molar refractivity (Wildman–Crippen MR) is 140 cm³/mol. The second-order valence-corrected chi connectivity index (χ2v) is 9.75. The van der Waals surface area contributed by atoms with E-state index in [1.807, 2.05) is 12.3 Å². The Balaban J connectivity index is 1.67. The molecular weight excluding hydrogens is 398 g/mol. The predicted octanol–water partition coefficient (Wildman–Crippen LogP) is 8.05. The third kappa shape index (κ3) is 4.93. The van der Waals surface area contributed by atoms with Gasteiger partial charge in [-0.15, -0.1) is 0 Å². The summed E-state index contributed by atoms with van der Waals surface area (Å²) in [6.45, 7) is 9.40. The van der Waals surface area contributed by atoms with Crippen molar-refractivity contribution in [3.8, 4) is 0 Å². The molecule has 0 N–H and O–H groups in total. The van der Waals surface area contributed by atoms with Gasteiger partial charge in [0.2, 0.25) is 0 Å². The van der Waals surface area contributed by atoms with Crippen molar-refractivity contribution in [1.82, 2.24) is 4.98 Å². The summed E-state index contributed by atoms with van der Waals surface area (Å²) >= 11 is 0. The van der Waals surface area contributed by atoms with E-state index >= 15 is 0 Å². The first-order valence-electron chi connectivity index (χ1n) is 12.1. The zero-order valence-electron chi connectivity index (χ0n) is 20.3. The Morgan fingerprint density at radius 1 is 0.697 bits per heavy atom. The summed E-state index contributed by atoms with van der Waals surface area (Å²) in [4.78, 5) is 4.74. The Hall–Kier alpha value is -3.19. The van der Waals surface area contributed by atoms with Crippen LogP contribution in [0.5, 0.6) is 0 Å². The molecule has 33 heavy (non-hydrogen) atoms. The maximum Gasteiger partial charge on any atom is 0.0481 e. The van der Waals surface area contributed by atoms with Gasteiger partial charge in [0.15, 0.2) is 0 Å². The van der Waals surface area contributed by atoms with Gasteiger partial charge >= 0.3 is 0 Å². The van der Waals surface area contributed by atoms with Crippen LogP contribution in [0.2, 0.25) is 0 Å². The van der Waals surface area contributed by atoms with E-state index in [0.29, 0.717) is 11.8 Å². The van der Waals surface area contributed by atoms with Crippen molar-refractivity contribution in [1.29, 1.82) is 0 Å². The molecule has 0 radical (unpaired) electrons. The number of pyridine rings is 1. The lowest BCUT2D eigenvalue weighted by molar-refractivity contribution is 0.404. The molecule has 1 heteroatoms. The highest BCUT2D eigenvalue weighted by Crippen LogP contribution is 2.40. The lowest BCUT2D eigenvalue weighted by Crippen LogP contribution is -2.30. The summed E-state index contributed by atoms with van der Waals surface area (Å²) in [5, 5.41) is 0. The molecule has 0 aliphatic heterocycles. The van der Waals surface area contributed by atoms with Gasteiger partial charge in [0.25, 0.3) is 0 Å².